The Labute approximate surface area is 123 Å². The maximum atomic E-state index is 5.79. The Morgan fingerprint density at radius 1 is 1.40 bits per heavy atom. The predicted octanol–water partition coefficient (Wildman–Crippen LogP) is 3.36. The zero-order valence-corrected chi connectivity index (χ0v) is 12.4. The van der Waals surface area contributed by atoms with Gasteiger partial charge in [0.2, 0.25) is 0 Å². The molecular formula is C15H19N3OS. The SMILES string of the molecule is CCNc1ncc(CN2CCCOc3ccccc32)s1. The van der Waals surface area contributed by atoms with E-state index in [4.69, 9.17) is 4.74 Å². The number of anilines is 2. The molecule has 2 aromatic rings. The third-order valence-corrected chi connectivity index (χ3v) is 4.20. The van der Waals surface area contributed by atoms with E-state index in [9.17, 15) is 0 Å². The molecule has 4 nitrogen and oxygen atoms in total. The van der Waals surface area contributed by atoms with Gasteiger partial charge in [-0.3, -0.25) is 0 Å². The Morgan fingerprint density at radius 2 is 2.30 bits per heavy atom. The molecule has 106 valence electrons. The summed E-state index contributed by atoms with van der Waals surface area (Å²) in [5.41, 5.74) is 1.18. The van der Waals surface area contributed by atoms with Gasteiger partial charge in [0.1, 0.15) is 5.75 Å². The van der Waals surface area contributed by atoms with Gasteiger partial charge in [-0.2, -0.15) is 0 Å². The lowest BCUT2D eigenvalue weighted by molar-refractivity contribution is 0.322. The number of ether oxygens (including phenoxy) is 1. The number of thiazole rings is 1. The molecule has 2 heterocycles. The van der Waals surface area contributed by atoms with Crippen LogP contribution in [-0.2, 0) is 6.54 Å². The molecule has 1 aliphatic heterocycles. The van der Waals surface area contributed by atoms with Crippen molar-refractivity contribution in [2.24, 2.45) is 0 Å². The molecule has 1 aliphatic rings. The minimum atomic E-state index is 0.791. The van der Waals surface area contributed by atoms with Crippen molar-refractivity contribution in [3.63, 3.8) is 0 Å². The normalized spacial score (nSPS) is 14.3. The molecule has 1 N–H and O–H groups in total. The fraction of sp³-hybridized carbons (Fsp3) is 0.400. The molecule has 0 amide bonds. The molecule has 3 rings (SSSR count). The highest BCUT2D eigenvalue weighted by Crippen LogP contribution is 2.32. The van der Waals surface area contributed by atoms with Gasteiger partial charge in [-0.15, -0.1) is 11.3 Å². The van der Waals surface area contributed by atoms with Crippen molar-refractivity contribution in [1.82, 2.24) is 4.98 Å². The number of fused-ring (bicyclic) bond motifs is 1. The zero-order valence-electron chi connectivity index (χ0n) is 11.6. The first kappa shape index (κ1) is 13.2. The van der Waals surface area contributed by atoms with Crippen molar-refractivity contribution in [3.05, 3.63) is 35.3 Å². The Balaban J connectivity index is 1.79. The highest BCUT2D eigenvalue weighted by atomic mass is 32.1. The van der Waals surface area contributed by atoms with Gasteiger partial charge in [0, 0.05) is 24.2 Å². The topological polar surface area (TPSA) is 37.4 Å². The van der Waals surface area contributed by atoms with Gasteiger partial charge < -0.3 is 15.0 Å². The fourth-order valence-corrected chi connectivity index (χ4v) is 3.26. The van der Waals surface area contributed by atoms with Crippen LogP contribution in [0.25, 0.3) is 0 Å². The lowest BCUT2D eigenvalue weighted by Gasteiger charge is -2.22. The summed E-state index contributed by atoms with van der Waals surface area (Å²) < 4.78 is 5.79. The van der Waals surface area contributed by atoms with Crippen LogP contribution in [0, 0.1) is 0 Å². The Hall–Kier alpha value is -1.75. The highest BCUT2D eigenvalue weighted by Gasteiger charge is 2.16. The number of nitrogens with zero attached hydrogens (tertiary/aromatic N) is 2. The van der Waals surface area contributed by atoms with Gasteiger partial charge in [-0.1, -0.05) is 12.1 Å². The van der Waals surface area contributed by atoms with Crippen molar-refractivity contribution in [2.45, 2.75) is 19.9 Å². The van der Waals surface area contributed by atoms with Crippen molar-refractivity contribution < 1.29 is 4.74 Å². The molecule has 0 atom stereocenters. The molecular weight excluding hydrogens is 270 g/mol. The van der Waals surface area contributed by atoms with E-state index in [1.807, 2.05) is 18.3 Å². The average Bonchev–Trinajstić information content (AvgIpc) is 2.80. The molecule has 0 saturated carbocycles. The minimum absolute atomic E-state index is 0.791. The lowest BCUT2D eigenvalue weighted by Crippen LogP contribution is -2.22. The first-order valence-electron chi connectivity index (χ1n) is 7.02. The van der Waals surface area contributed by atoms with Crippen molar-refractivity contribution in [3.8, 4) is 5.75 Å². The molecule has 0 saturated heterocycles. The number of hydrogen-bond donors (Lipinski definition) is 1. The molecule has 0 spiro atoms. The molecule has 0 unspecified atom stereocenters. The molecule has 20 heavy (non-hydrogen) atoms. The van der Waals surface area contributed by atoms with E-state index in [1.54, 1.807) is 11.3 Å². The maximum absolute atomic E-state index is 5.79. The van der Waals surface area contributed by atoms with E-state index in [-0.39, 0.29) is 0 Å². The van der Waals surface area contributed by atoms with Crippen molar-refractivity contribution in [2.75, 3.05) is 29.9 Å². The van der Waals surface area contributed by atoms with Crippen LogP contribution in [-0.4, -0.2) is 24.7 Å². The lowest BCUT2D eigenvalue weighted by atomic mass is 10.2. The van der Waals surface area contributed by atoms with Crippen LogP contribution in [0.5, 0.6) is 5.75 Å². The van der Waals surface area contributed by atoms with Gasteiger partial charge >= 0.3 is 0 Å². The first-order valence-corrected chi connectivity index (χ1v) is 7.84. The van der Waals surface area contributed by atoms with E-state index in [2.05, 4.69) is 34.3 Å². The number of hydrogen-bond acceptors (Lipinski definition) is 5. The van der Waals surface area contributed by atoms with E-state index < -0.39 is 0 Å². The van der Waals surface area contributed by atoms with Gasteiger partial charge in [-0.05, 0) is 25.5 Å². The number of aromatic nitrogens is 1. The first-order chi connectivity index (χ1) is 9.86. The average molecular weight is 289 g/mol. The zero-order chi connectivity index (χ0) is 13.8. The number of nitrogens with one attached hydrogen (secondary N) is 1. The monoisotopic (exact) mass is 289 g/mol. The summed E-state index contributed by atoms with van der Waals surface area (Å²) in [6.07, 6.45) is 3.02. The third kappa shape index (κ3) is 2.88. The van der Waals surface area contributed by atoms with E-state index >= 15 is 0 Å². The van der Waals surface area contributed by atoms with Gasteiger partial charge in [-0.25, -0.2) is 4.98 Å². The smallest absolute Gasteiger partial charge is 0.182 e. The second-order valence-corrected chi connectivity index (χ2v) is 5.87. The van der Waals surface area contributed by atoms with Gasteiger partial charge in [0.15, 0.2) is 5.13 Å². The highest BCUT2D eigenvalue weighted by molar-refractivity contribution is 7.15. The molecule has 0 bridgehead atoms. The minimum Gasteiger partial charge on any atom is -0.491 e. The summed E-state index contributed by atoms with van der Waals surface area (Å²) in [6.45, 7) is 5.70. The van der Waals surface area contributed by atoms with Crippen LogP contribution in [0.15, 0.2) is 30.5 Å². The molecule has 0 radical (unpaired) electrons. The number of benzene rings is 1. The quantitative estimate of drug-likeness (QED) is 0.936. The second-order valence-electron chi connectivity index (χ2n) is 4.75. The number of rotatable bonds is 4. The van der Waals surface area contributed by atoms with Gasteiger partial charge in [0.25, 0.3) is 0 Å². The third-order valence-electron chi connectivity index (χ3n) is 3.26. The van der Waals surface area contributed by atoms with Crippen LogP contribution < -0.4 is 15.0 Å². The van der Waals surface area contributed by atoms with Crippen LogP contribution in [0.1, 0.15) is 18.2 Å². The van der Waals surface area contributed by atoms with E-state index in [0.29, 0.717) is 0 Å². The van der Waals surface area contributed by atoms with Crippen LogP contribution >= 0.6 is 11.3 Å². The fourth-order valence-electron chi connectivity index (χ4n) is 2.36. The maximum Gasteiger partial charge on any atom is 0.182 e. The van der Waals surface area contributed by atoms with Crippen LogP contribution in [0.4, 0.5) is 10.8 Å². The van der Waals surface area contributed by atoms with E-state index in [1.165, 1.54) is 10.6 Å². The summed E-state index contributed by atoms with van der Waals surface area (Å²) in [5.74, 6) is 0.987. The number of para-hydroxylation sites is 2. The molecule has 1 aromatic carbocycles. The predicted molar refractivity (Wildman–Crippen MR) is 83.9 cm³/mol. The Bertz CT molecular complexity index is 570. The summed E-state index contributed by atoms with van der Waals surface area (Å²) >= 11 is 1.73. The van der Waals surface area contributed by atoms with E-state index in [0.717, 1.165) is 43.5 Å². The van der Waals surface area contributed by atoms with Crippen LogP contribution in [0.2, 0.25) is 0 Å². The van der Waals surface area contributed by atoms with Crippen molar-refractivity contribution in [1.29, 1.82) is 0 Å². The molecule has 1 aromatic heterocycles. The second kappa shape index (κ2) is 6.13. The van der Waals surface area contributed by atoms with Gasteiger partial charge in [0.05, 0.1) is 18.8 Å². The Morgan fingerprint density at radius 3 is 3.20 bits per heavy atom. The summed E-state index contributed by atoms with van der Waals surface area (Å²) in [6, 6.07) is 8.27. The van der Waals surface area contributed by atoms with Crippen molar-refractivity contribution >= 4 is 22.2 Å². The summed E-state index contributed by atoms with van der Waals surface area (Å²) in [5, 5.41) is 4.26. The standard InChI is InChI=1S/C15H19N3OS/c1-2-16-15-17-10-12(20-15)11-18-8-5-9-19-14-7-4-3-6-13(14)18/h3-4,6-7,10H,2,5,8-9,11H2,1H3,(H,16,17). The molecule has 5 heteroatoms. The summed E-state index contributed by atoms with van der Waals surface area (Å²) in [7, 11) is 0. The van der Waals surface area contributed by atoms with Crippen LogP contribution in [0.3, 0.4) is 0 Å². The molecule has 0 aliphatic carbocycles. The largest absolute Gasteiger partial charge is 0.491 e. The Kier molecular flexibility index (Phi) is 4.06. The molecule has 0 fully saturated rings. The summed E-state index contributed by atoms with van der Waals surface area (Å²) in [4.78, 5) is 8.06.